The van der Waals surface area contributed by atoms with Gasteiger partial charge in [-0.1, -0.05) is 12.2 Å². The molecule has 0 amide bonds. The lowest BCUT2D eigenvalue weighted by Gasteiger charge is -2.19. The average molecular weight is 192 g/mol. The normalized spacial score (nSPS) is 45.1. The lowest BCUT2D eigenvalue weighted by molar-refractivity contribution is 0.181. The van der Waals surface area contributed by atoms with Crippen LogP contribution < -0.4 is 0 Å². The Labute approximate surface area is 86.5 Å². The lowest BCUT2D eigenvalue weighted by atomic mass is 9.86. The molecule has 0 aromatic heterocycles. The molecule has 1 heterocycles. The van der Waals surface area contributed by atoms with Crippen molar-refractivity contribution in [3.8, 4) is 0 Å². The predicted octanol–water partition coefficient (Wildman–Crippen LogP) is 3.02. The van der Waals surface area contributed by atoms with Crippen molar-refractivity contribution < 1.29 is 4.74 Å². The summed E-state index contributed by atoms with van der Waals surface area (Å²) in [5, 5.41) is 0. The molecular weight excluding hydrogens is 172 g/mol. The van der Waals surface area contributed by atoms with E-state index >= 15 is 0 Å². The molecule has 4 unspecified atom stereocenters. The Kier molecular flexibility index (Phi) is 2.36. The fraction of sp³-hybridized carbons (Fsp3) is 0.846. The number of fused-ring (bicyclic) bond motifs is 2. The Morgan fingerprint density at radius 2 is 2.14 bits per heavy atom. The highest BCUT2D eigenvalue weighted by Crippen LogP contribution is 2.45. The minimum absolute atomic E-state index is 0.887. The molecule has 1 heteroatoms. The van der Waals surface area contributed by atoms with Gasteiger partial charge in [0.2, 0.25) is 0 Å². The zero-order chi connectivity index (χ0) is 9.38. The minimum Gasteiger partial charge on any atom is -0.381 e. The quantitative estimate of drug-likeness (QED) is 0.625. The van der Waals surface area contributed by atoms with E-state index in [9.17, 15) is 0 Å². The van der Waals surface area contributed by atoms with E-state index < -0.39 is 0 Å². The van der Waals surface area contributed by atoms with Gasteiger partial charge in [0.25, 0.3) is 0 Å². The second-order valence-electron chi connectivity index (χ2n) is 5.35. The van der Waals surface area contributed by atoms with E-state index in [0.29, 0.717) is 0 Å². The molecule has 0 aromatic carbocycles. The van der Waals surface area contributed by atoms with Gasteiger partial charge in [0.05, 0.1) is 0 Å². The topological polar surface area (TPSA) is 9.23 Å². The molecule has 1 saturated heterocycles. The van der Waals surface area contributed by atoms with E-state index in [1.165, 1.54) is 32.1 Å². The summed E-state index contributed by atoms with van der Waals surface area (Å²) in [6.07, 6.45) is 12.1. The number of hydrogen-bond acceptors (Lipinski definition) is 1. The van der Waals surface area contributed by atoms with Crippen LogP contribution in [-0.2, 0) is 4.74 Å². The second-order valence-corrected chi connectivity index (χ2v) is 5.35. The standard InChI is InChI=1S/C13H20O/c1(10-5-6-14-9-10)3-12-7-11-2-4-13(12)8-11/h2,4,10-13H,1,3,5-9H2. The molecule has 2 bridgehead atoms. The first-order chi connectivity index (χ1) is 6.92. The fourth-order valence-electron chi connectivity index (χ4n) is 3.49. The van der Waals surface area contributed by atoms with Crippen LogP contribution in [0.4, 0.5) is 0 Å². The highest BCUT2D eigenvalue weighted by atomic mass is 16.5. The molecule has 3 rings (SSSR count). The molecule has 0 radical (unpaired) electrons. The summed E-state index contributed by atoms with van der Waals surface area (Å²) in [5.41, 5.74) is 0. The zero-order valence-electron chi connectivity index (χ0n) is 8.82. The van der Waals surface area contributed by atoms with Crippen molar-refractivity contribution in [2.24, 2.45) is 23.7 Å². The summed E-state index contributed by atoms with van der Waals surface area (Å²) in [6, 6.07) is 0. The highest BCUT2D eigenvalue weighted by molar-refractivity contribution is 5.09. The van der Waals surface area contributed by atoms with Crippen LogP contribution in [0.3, 0.4) is 0 Å². The largest absolute Gasteiger partial charge is 0.381 e. The van der Waals surface area contributed by atoms with Crippen molar-refractivity contribution in [1.82, 2.24) is 0 Å². The number of ether oxygens (including phenoxy) is 1. The summed E-state index contributed by atoms with van der Waals surface area (Å²) in [6.45, 7) is 2.05. The molecule has 0 spiro atoms. The van der Waals surface area contributed by atoms with E-state index in [1.807, 2.05) is 0 Å². The highest BCUT2D eigenvalue weighted by Gasteiger charge is 2.35. The van der Waals surface area contributed by atoms with E-state index in [-0.39, 0.29) is 0 Å². The molecule has 4 atom stereocenters. The third-order valence-corrected chi connectivity index (χ3v) is 4.39. The predicted molar refractivity (Wildman–Crippen MR) is 57.0 cm³/mol. The maximum absolute atomic E-state index is 5.42. The van der Waals surface area contributed by atoms with E-state index in [4.69, 9.17) is 4.74 Å². The Balaban J connectivity index is 1.47. The maximum Gasteiger partial charge on any atom is 0.0495 e. The summed E-state index contributed by atoms with van der Waals surface area (Å²) in [4.78, 5) is 0. The van der Waals surface area contributed by atoms with Gasteiger partial charge in [-0.15, -0.1) is 0 Å². The van der Waals surface area contributed by atoms with Crippen molar-refractivity contribution in [1.29, 1.82) is 0 Å². The molecule has 0 N–H and O–H groups in total. The van der Waals surface area contributed by atoms with Gasteiger partial charge in [-0.05, 0) is 55.8 Å². The van der Waals surface area contributed by atoms with Crippen LogP contribution in [0.2, 0.25) is 0 Å². The van der Waals surface area contributed by atoms with Crippen LogP contribution in [0, 0.1) is 23.7 Å². The number of hydrogen-bond donors (Lipinski definition) is 0. The molecule has 1 aliphatic heterocycles. The first kappa shape index (κ1) is 8.96. The Morgan fingerprint density at radius 3 is 2.79 bits per heavy atom. The van der Waals surface area contributed by atoms with Gasteiger partial charge < -0.3 is 4.74 Å². The van der Waals surface area contributed by atoms with Crippen LogP contribution >= 0.6 is 0 Å². The zero-order valence-corrected chi connectivity index (χ0v) is 8.82. The van der Waals surface area contributed by atoms with Crippen LogP contribution in [0.1, 0.15) is 32.1 Å². The molecule has 2 aliphatic carbocycles. The van der Waals surface area contributed by atoms with Crippen LogP contribution in [0.25, 0.3) is 0 Å². The molecule has 14 heavy (non-hydrogen) atoms. The Morgan fingerprint density at radius 1 is 1.14 bits per heavy atom. The molecule has 78 valence electrons. The van der Waals surface area contributed by atoms with E-state index in [1.54, 1.807) is 0 Å². The summed E-state index contributed by atoms with van der Waals surface area (Å²) < 4.78 is 5.42. The second kappa shape index (κ2) is 3.69. The molecule has 1 saturated carbocycles. The third-order valence-electron chi connectivity index (χ3n) is 4.39. The van der Waals surface area contributed by atoms with Gasteiger partial charge in [-0.2, -0.15) is 0 Å². The summed E-state index contributed by atoms with van der Waals surface area (Å²) >= 11 is 0. The molecule has 3 aliphatic rings. The maximum atomic E-state index is 5.42. The molecule has 2 fully saturated rings. The third kappa shape index (κ3) is 1.63. The summed E-state index contributed by atoms with van der Waals surface area (Å²) in [7, 11) is 0. The Bertz CT molecular complexity index is 227. The molecular formula is C13H20O. The van der Waals surface area contributed by atoms with Crippen LogP contribution in [0.15, 0.2) is 12.2 Å². The number of rotatable bonds is 3. The molecule has 1 nitrogen and oxygen atoms in total. The van der Waals surface area contributed by atoms with Crippen molar-refractivity contribution >= 4 is 0 Å². The SMILES string of the molecule is C1=CC2CC1CC2CCC1CCOC1. The van der Waals surface area contributed by atoms with Crippen LogP contribution in [0.5, 0.6) is 0 Å². The average Bonchev–Trinajstić information content (AvgIpc) is 2.91. The van der Waals surface area contributed by atoms with Gasteiger partial charge in [-0.3, -0.25) is 0 Å². The smallest absolute Gasteiger partial charge is 0.0495 e. The first-order valence-electron chi connectivity index (χ1n) is 6.18. The molecule has 0 aromatic rings. The van der Waals surface area contributed by atoms with Crippen molar-refractivity contribution in [2.75, 3.05) is 13.2 Å². The van der Waals surface area contributed by atoms with Crippen molar-refractivity contribution in [3.05, 3.63) is 12.2 Å². The van der Waals surface area contributed by atoms with Crippen molar-refractivity contribution in [2.45, 2.75) is 32.1 Å². The van der Waals surface area contributed by atoms with Gasteiger partial charge >= 0.3 is 0 Å². The van der Waals surface area contributed by atoms with Gasteiger partial charge in [0, 0.05) is 13.2 Å². The van der Waals surface area contributed by atoms with E-state index in [0.717, 1.165) is 36.9 Å². The Hall–Kier alpha value is -0.300. The van der Waals surface area contributed by atoms with Crippen molar-refractivity contribution in [3.63, 3.8) is 0 Å². The summed E-state index contributed by atoms with van der Waals surface area (Å²) in [5.74, 6) is 3.80. The van der Waals surface area contributed by atoms with Gasteiger partial charge in [0.1, 0.15) is 0 Å². The lowest BCUT2D eigenvalue weighted by Crippen LogP contribution is -2.10. The first-order valence-corrected chi connectivity index (χ1v) is 6.18. The fourth-order valence-corrected chi connectivity index (χ4v) is 3.49. The van der Waals surface area contributed by atoms with Crippen LogP contribution in [-0.4, -0.2) is 13.2 Å². The van der Waals surface area contributed by atoms with Gasteiger partial charge in [-0.25, -0.2) is 0 Å². The minimum atomic E-state index is 0.887. The number of allylic oxidation sites excluding steroid dienone is 2. The van der Waals surface area contributed by atoms with E-state index in [2.05, 4.69) is 12.2 Å². The monoisotopic (exact) mass is 192 g/mol. The van der Waals surface area contributed by atoms with Gasteiger partial charge in [0.15, 0.2) is 0 Å².